The minimum Gasteiger partial charge on any atom is -0.337 e. The fourth-order valence-corrected chi connectivity index (χ4v) is 2.80. The lowest BCUT2D eigenvalue weighted by molar-refractivity contribution is -0.141. The SMILES string of the molecule is Cc1ccc2nc(C(F)(F)F)c(C(=O)N3CCCCC3)n2c1. The summed E-state index contributed by atoms with van der Waals surface area (Å²) in [6.45, 7) is 2.76. The highest BCUT2D eigenvalue weighted by atomic mass is 19.4. The number of hydrogen-bond donors (Lipinski definition) is 0. The number of pyridine rings is 1. The van der Waals surface area contributed by atoms with Crippen molar-refractivity contribution in [1.82, 2.24) is 14.3 Å². The van der Waals surface area contributed by atoms with Crippen molar-refractivity contribution in [2.24, 2.45) is 0 Å². The second-order valence-electron chi connectivity index (χ2n) is 5.59. The number of piperidine rings is 1. The number of hydrogen-bond acceptors (Lipinski definition) is 2. The van der Waals surface area contributed by atoms with Crippen molar-refractivity contribution in [3.63, 3.8) is 0 Å². The predicted molar refractivity (Wildman–Crippen MR) is 74.7 cm³/mol. The Morgan fingerprint density at radius 1 is 1.18 bits per heavy atom. The monoisotopic (exact) mass is 311 g/mol. The largest absolute Gasteiger partial charge is 0.435 e. The van der Waals surface area contributed by atoms with E-state index < -0.39 is 17.8 Å². The molecule has 0 aromatic carbocycles. The molecule has 4 nitrogen and oxygen atoms in total. The van der Waals surface area contributed by atoms with Crippen LogP contribution in [0.15, 0.2) is 18.3 Å². The Bertz CT molecular complexity index is 715. The molecule has 7 heteroatoms. The third kappa shape index (κ3) is 2.55. The van der Waals surface area contributed by atoms with Gasteiger partial charge in [-0.1, -0.05) is 6.07 Å². The van der Waals surface area contributed by atoms with Crippen molar-refractivity contribution in [1.29, 1.82) is 0 Å². The van der Waals surface area contributed by atoms with Gasteiger partial charge in [-0.2, -0.15) is 13.2 Å². The number of aryl methyl sites for hydroxylation is 1. The number of carbonyl (C=O) groups excluding carboxylic acids is 1. The Kier molecular flexibility index (Phi) is 3.58. The van der Waals surface area contributed by atoms with Gasteiger partial charge in [-0.25, -0.2) is 4.98 Å². The molecule has 1 amide bonds. The van der Waals surface area contributed by atoms with Crippen molar-refractivity contribution in [3.05, 3.63) is 35.3 Å². The zero-order chi connectivity index (χ0) is 15.9. The van der Waals surface area contributed by atoms with Crippen LogP contribution in [-0.4, -0.2) is 33.3 Å². The van der Waals surface area contributed by atoms with E-state index in [1.807, 2.05) is 0 Å². The Labute approximate surface area is 125 Å². The lowest BCUT2D eigenvalue weighted by atomic mass is 10.1. The van der Waals surface area contributed by atoms with E-state index in [2.05, 4.69) is 4.98 Å². The molecule has 0 saturated carbocycles. The van der Waals surface area contributed by atoms with Gasteiger partial charge in [-0.3, -0.25) is 9.20 Å². The summed E-state index contributed by atoms with van der Waals surface area (Å²) >= 11 is 0. The first-order chi connectivity index (χ1) is 10.4. The van der Waals surface area contributed by atoms with Crippen LogP contribution in [0.5, 0.6) is 0 Å². The molecule has 3 rings (SSSR count). The molecule has 0 bridgehead atoms. The van der Waals surface area contributed by atoms with E-state index in [0.29, 0.717) is 13.1 Å². The van der Waals surface area contributed by atoms with Crippen molar-refractivity contribution < 1.29 is 18.0 Å². The highest BCUT2D eigenvalue weighted by molar-refractivity contribution is 5.95. The molecule has 0 unspecified atom stereocenters. The van der Waals surface area contributed by atoms with Crippen LogP contribution in [0.25, 0.3) is 5.65 Å². The Morgan fingerprint density at radius 2 is 1.86 bits per heavy atom. The van der Waals surface area contributed by atoms with Crippen LogP contribution in [-0.2, 0) is 6.18 Å². The maximum Gasteiger partial charge on any atom is 0.435 e. The van der Waals surface area contributed by atoms with Crippen molar-refractivity contribution >= 4 is 11.6 Å². The minimum absolute atomic E-state index is 0.137. The molecule has 2 aromatic rings. The third-order valence-corrected chi connectivity index (χ3v) is 3.88. The molecule has 0 radical (unpaired) electrons. The van der Waals surface area contributed by atoms with Crippen LogP contribution < -0.4 is 0 Å². The first-order valence-corrected chi connectivity index (χ1v) is 7.23. The average Bonchev–Trinajstić information content (AvgIpc) is 2.86. The Morgan fingerprint density at radius 3 is 2.50 bits per heavy atom. The van der Waals surface area contributed by atoms with E-state index in [-0.39, 0.29) is 11.3 Å². The maximum atomic E-state index is 13.3. The number of fused-ring (bicyclic) bond motifs is 1. The molecular formula is C15H16F3N3O. The lowest BCUT2D eigenvalue weighted by Gasteiger charge is -2.27. The number of carbonyl (C=O) groups is 1. The van der Waals surface area contributed by atoms with E-state index >= 15 is 0 Å². The van der Waals surface area contributed by atoms with Crippen molar-refractivity contribution in [2.75, 3.05) is 13.1 Å². The van der Waals surface area contributed by atoms with Crippen molar-refractivity contribution in [3.8, 4) is 0 Å². The number of imidazole rings is 1. The molecule has 1 aliphatic rings. The predicted octanol–water partition coefficient (Wildman–Crippen LogP) is 3.29. The average molecular weight is 311 g/mol. The zero-order valence-electron chi connectivity index (χ0n) is 12.2. The van der Waals surface area contributed by atoms with E-state index in [1.54, 1.807) is 13.0 Å². The van der Waals surface area contributed by atoms with E-state index in [4.69, 9.17) is 0 Å². The number of nitrogens with zero attached hydrogens (tertiary/aromatic N) is 3. The van der Waals surface area contributed by atoms with Crippen molar-refractivity contribution in [2.45, 2.75) is 32.4 Å². The number of amides is 1. The summed E-state index contributed by atoms with van der Waals surface area (Å²) in [5, 5.41) is 0. The first kappa shape index (κ1) is 14.9. The molecule has 1 aliphatic heterocycles. The number of aromatic nitrogens is 2. The highest BCUT2D eigenvalue weighted by Gasteiger charge is 2.41. The van der Waals surface area contributed by atoms with Gasteiger partial charge < -0.3 is 4.90 Å². The standard InChI is InChI=1S/C15H16F3N3O/c1-10-5-6-11-19-13(15(16,17)18)12(21(11)9-10)14(22)20-7-3-2-4-8-20/h5-6,9H,2-4,7-8H2,1H3. The summed E-state index contributed by atoms with van der Waals surface area (Å²) in [5.41, 5.74) is -0.577. The van der Waals surface area contributed by atoms with Crippen LogP contribution in [0.1, 0.15) is 41.0 Å². The Balaban J connectivity index is 2.16. The van der Waals surface area contributed by atoms with E-state index in [1.165, 1.54) is 21.6 Å². The smallest absolute Gasteiger partial charge is 0.337 e. The second-order valence-corrected chi connectivity index (χ2v) is 5.59. The normalized spacial score (nSPS) is 16.3. The maximum absolute atomic E-state index is 13.3. The van der Waals surface area contributed by atoms with Gasteiger partial charge in [-0.05, 0) is 37.8 Å². The van der Waals surface area contributed by atoms with Crippen LogP contribution in [0.2, 0.25) is 0 Å². The lowest BCUT2D eigenvalue weighted by Crippen LogP contribution is -2.37. The third-order valence-electron chi connectivity index (χ3n) is 3.88. The summed E-state index contributed by atoms with van der Waals surface area (Å²) in [6.07, 6.45) is -0.483. The van der Waals surface area contributed by atoms with E-state index in [0.717, 1.165) is 24.8 Å². The topological polar surface area (TPSA) is 37.6 Å². The van der Waals surface area contributed by atoms with Crippen LogP contribution in [0.4, 0.5) is 13.2 Å². The molecular weight excluding hydrogens is 295 g/mol. The number of halogens is 3. The van der Waals surface area contributed by atoms with E-state index in [9.17, 15) is 18.0 Å². The van der Waals surface area contributed by atoms with Gasteiger partial charge in [0.25, 0.3) is 5.91 Å². The molecule has 0 aliphatic carbocycles. The van der Waals surface area contributed by atoms with Gasteiger partial charge in [-0.15, -0.1) is 0 Å². The van der Waals surface area contributed by atoms with Gasteiger partial charge in [0, 0.05) is 19.3 Å². The number of rotatable bonds is 1. The summed E-state index contributed by atoms with van der Waals surface area (Å²) in [6, 6.07) is 3.18. The summed E-state index contributed by atoms with van der Waals surface area (Å²) in [7, 11) is 0. The number of alkyl halides is 3. The molecule has 0 N–H and O–H groups in total. The molecule has 1 fully saturated rings. The fraction of sp³-hybridized carbons (Fsp3) is 0.467. The molecule has 1 saturated heterocycles. The first-order valence-electron chi connectivity index (χ1n) is 7.23. The van der Waals surface area contributed by atoms with Crippen LogP contribution >= 0.6 is 0 Å². The zero-order valence-corrected chi connectivity index (χ0v) is 12.2. The molecule has 22 heavy (non-hydrogen) atoms. The second kappa shape index (κ2) is 5.30. The summed E-state index contributed by atoms with van der Waals surface area (Å²) < 4.78 is 41.1. The Hall–Kier alpha value is -2.05. The van der Waals surface area contributed by atoms with Gasteiger partial charge in [0.2, 0.25) is 0 Å². The molecule has 0 atom stereocenters. The molecule has 0 spiro atoms. The molecule has 2 aromatic heterocycles. The molecule has 118 valence electrons. The number of likely N-dealkylation sites (tertiary alicyclic amines) is 1. The molecule has 3 heterocycles. The highest BCUT2D eigenvalue weighted by Crippen LogP contribution is 2.33. The van der Waals surface area contributed by atoms with Crippen LogP contribution in [0, 0.1) is 6.92 Å². The minimum atomic E-state index is -4.65. The van der Waals surface area contributed by atoms with Gasteiger partial charge in [0.1, 0.15) is 11.3 Å². The summed E-state index contributed by atoms with van der Waals surface area (Å²) in [5.74, 6) is -0.592. The van der Waals surface area contributed by atoms with Gasteiger partial charge >= 0.3 is 6.18 Å². The van der Waals surface area contributed by atoms with Gasteiger partial charge in [0.15, 0.2) is 5.69 Å². The fourth-order valence-electron chi connectivity index (χ4n) is 2.80. The van der Waals surface area contributed by atoms with Gasteiger partial charge in [0.05, 0.1) is 0 Å². The van der Waals surface area contributed by atoms with Crippen LogP contribution in [0.3, 0.4) is 0 Å². The summed E-state index contributed by atoms with van der Waals surface area (Å²) in [4.78, 5) is 17.7. The quantitative estimate of drug-likeness (QED) is 0.810.